The lowest BCUT2D eigenvalue weighted by Crippen LogP contribution is -1.73. The van der Waals surface area contributed by atoms with E-state index >= 15 is 0 Å². The molecule has 1 aromatic carbocycles. The molecule has 0 saturated carbocycles. The molecule has 3 heterocycles. The molecule has 0 aliphatic heterocycles. The maximum absolute atomic E-state index is 4.18. The van der Waals surface area contributed by atoms with Crippen LogP contribution in [0.2, 0.25) is 0 Å². The molecule has 0 aliphatic carbocycles. The Hall–Kier alpha value is -2.95. The van der Waals surface area contributed by atoms with Gasteiger partial charge < -0.3 is 0 Å². The highest BCUT2D eigenvalue weighted by Gasteiger charge is 1.96. The van der Waals surface area contributed by atoms with Gasteiger partial charge in [-0.15, -0.1) is 0 Å². The fourth-order valence-electron chi connectivity index (χ4n) is 1.83. The zero-order valence-electron chi connectivity index (χ0n) is 10.7. The van der Waals surface area contributed by atoms with E-state index in [4.69, 9.17) is 0 Å². The van der Waals surface area contributed by atoms with E-state index in [0.717, 1.165) is 16.8 Å². The molecule has 0 atom stereocenters. The number of pyridine rings is 1. The fourth-order valence-corrected chi connectivity index (χ4v) is 1.83. The summed E-state index contributed by atoms with van der Waals surface area (Å²) < 4.78 is 0. The van der Waals surface area contributed by atoms with Crippen LogP contribution in [0.15, 0.2) is 67.3 Å². The van der Waals surface area contributed by atoms with Crippen LogP contribution in [0.3, 0.4) is 0 Å². The molecule has 3 aromatic heterocycles. The molecule has 2 N–H and O–H groups in total. The SMILES string of the molecule is c1cc(-c2cn[nH]c2)[nH]n1.c1ccc2ncccc2c1. The number of nitrogens with one attached hydrogen (secondary N) is 2. The molecule has 0 bridgehead atoms. The molecular formula is C15H13N5. The van der Waals surface area contributed by atoms with E-state index in [1.165, 1.54) is 5.39 Å². The van der Waals surface area contributed by atoms with E-state index in [1.54, 1.807) is 12.4 Å². The first-order valence-corrected chi connectivity index (χ1v) is 6.22. The van der Waals surface area contributed by atoms with E-state index in [1.807, 2.05) is 42.7 Å². The first kappa shape index (κ1) is 12.1. The van der Waals surface area contributed by atoms with Gasteiger partial charge in [0.1, 0.15) is 0 Å². The van der Waals surface area contributed by atoms with Crippen molar-refractivity contribution in [1.29, 1.82) is 0 Å². The van der Waals surface area contributed by atoms with Crippen LogP contribution in [-0.2, 0) is 0 Å². The Morgan fingerprint density at radius 1 is 0.850 bits per heavy atom. The minimum absolute atomic E-state index is 0.980. The predicted molar refractivity (Wildman–Crippen MR) is 77.9 cm³/mol. The molecule has 5 nitrogen and oxygen atoms in total. The van der Waals surface area contributed by atoms with Gasteiger partial charge in [-0.3, -0.25) is 15.2 Å². The van der Waals surface area contributed by atoms with Gasteiger partial charge in [0.05, 0.1) is 17.4 Å². The lowest BCUT2D eigenvalue weighted by Gasteiger charge is -1.91. The van der Waals surface area contributed by atoms with Crippen molar-refractivity contribution in [2.45, 2.75) is 0 Å². The average molecular weight is 263 g/mol. The van der Waals surface area contributed by atoms with Gasteiger partial charge in [-0.1, -0.05) is 24.3 Å². The summed E-state index contributed by atoms with van der Waals surface area (Å²) in [5.41, 5.74) is 3.07. The average Bonchev–Trinajstić information content (AvgIpc) is 3.20. The molecule has 0 aliphatic rings. The highest BCUT2D eigenvalue weighted by Crippen LogP contribution is 2.11. The molecule has 0 spiro atoms. The second-order valence-electron chi connectivity index (χ2n) is 4.15. The normalized spacial score (nSPS) is 10.0. The van der Waals surface area contributed by atoms with Crippen molar-refractivity contribution in [3.8, 4) is 11.3 Å². The predicted octanol–water partition coefficient (Wildman–Crippen LogP) is 3.03. The number of hydrogen-bond acceptors (Lipinski definition) is 3. The number of hydrogen-bond donors (Lipinski definition) is 2. The van der Waals surface area contributed by atoms with Gasteiger partial charge in [-0.25, -0.2) is 0 Å². The minimum Gasteiger partial charge on any atom is -0.285 e. The Kier molecular flexibility index (Phi) is 3.51. The third kappa shape index (κ3) is 2.72. The van der Waals surface area contributed by atoms with Crippen LogP contribution in [0.4, 0.5) is 0 Å². The van der Waals surface area contributed by atoms with E-state index < -0.39 is 0 Å². The lowest BCUT2D eigenvalue weighted by molar-refractivity contribution is 1.09. The molecule has 5 heteroatoms. The molecule has 98 valence electrons. The summed E-state index contributed by atoms with van der Waals surface area (Å²) in [5.74, 6) is 0. The van der Waals surface area contributed by atoms with Crippen LogP contribution < -0.4 is 0 Å². The lowest BCUT2D eigenvalue weighted by atomic mass is 10.2. The standard InChI is InChI=1S/C9H7N.C6H6N4/c1-2-6-9-8(4-1)5-3-7-10-9;1-2-7-10-6(1)5-3-8-9-4-5/h1-7H;1-4H,(H,7,10)(H,8,9). The van der Waals surface area contributed by atoms with Crippen molar-refractivity contribution in [3.63, 3.8) is 0 Å². The molecule has 4 aromatic rings. The molecule has 0 fully saturated rings. The summed E-state index contributed by atoms with van der Waals surface area (Å²) in [6.07, 6.45) is 7.08. The largest absolute Gasteiger partial charge is 0.285 e. The Balaban J connectivity index is 0.000000121. The summed E-state index contributed by atoms with van der Waals surface area (Å²) in [7, 11) is 0. The third-order valence-electron chi connectivity index (χ3n) is 2.82. The Morgan fingerprint density at radius 3 is 2.50 bits per heavy atom. The van der Waals surface area contributed by atoms with Crippen LogP contribution in [0.25, 0.3) is 22.2 Å². The zero-order valence-corrected chi connectivity index (χ0v) is 10.7. The maximum atomic E-state index is 4.18. The number of aromatic amines is 2. The summed E-state index contributed by atoms with van der Waals surface area (Å²) >= 11 is 0. The molecule has 4 rings (SSSR count). The van der Waals surface area contributed by atoms with Crippen LogP contribution in [-0.4, -0.2) is 25.4 Å². The number of para-hydroxylation sites is 1. The van der Waals surface area contributed by atoms with Gasteiger partial charge in [0.15, 0.2) is 0 Å². The number of H-pyrrole nitrogens is 2. The van der Waals surface area contributed by atoms with Gasteiger partial charge in [-0.2, -0.15) is 10.2 Å². The second kappa shape index (κ2) is 5.79. The molecule has 0 amide bonds. The number of benzene rings is 1. The van der Waals surface area contributed by atoms with Crippen molar-refractivity contribution in [3.05, 3.63) is 67.3 Å². The smallest absolute Gasteiger partial charge is 0.0701 e. The third-order valence-corrected chi connectivity index (χ3v) is 2.82. The van der Waals surface area contributed by atoms with Crippen molar-refractivity contribution < 1.29 is 0 Å². The Labute approximate surface area is 115 Å². The van der Waals surface area contributed by atoms with Crippen LogP contribution in [0, 0.1) is 0 Å². The second-order valence-corrected chi connectivity index (χ2v) is 4.15. The number of aromatic nitrogens is 5. The Bertz CT molecular complexity index is 662. The first-order chi connectivity index (χ1) is 9.93. The molecule has 20 heavy (non-hydrogen) atoms. The van der Waals surface area contributed by atoms with Crippen molar-refractivity contribution in [1.82, 2.24) is 25.4 Å². The van der Waals surface area contributed by atoms with Crippen LogP contribution >= 0.6 is 0 Å². The van der Waals surface area contributed by atoms with Crippen molar-refractivity contribution in [2.75, 3.05) is 0 Å². The highest BCUT2D eigenvalue weighted by molar-refractivity contribution is 5.77. The van der Waals surface area contributed by atoms with Crippen LogP contribution in [0.5, 0.6) is 0 Å². The molecular weight excluding hydrogens is 250 g/mol. The van der Waals surface area contributed by atoms with E-state index in [0.29, 0.717) is 0 Å². The quantitative estimate of drug-likeness (QED) is 0.554. The van der Waals surface area contributed by atoms with Crippen LogP contribution in [0.1, 0.15) is 0 Å². The first-order valence-electron chi connectivity index (χ1n) is 6.22. The number of rotatable bonds is 1. The molecule has 0 saturated heterocycles. The minimum atomic E-state index is 0.980. The maximum Gasteiger partial charge on any atom is 0.0701 e. The topological polar surface area (TPSA) is 70.2 Å². The molecule has 0 unspecified atom stereocenters. The molecule has 0 radical (unpaired) electrons. The summed E-state index contributed by atoms with van der Waals surface area (Å²) in [6.45, 7) is 0. The van der Waals surface area contributed by atoms with Gasteiger partial charge in [0.2, 0.25) is 0 Å². The van der Waals surface area contributed by atoms with E-state index in [9.17, 15) is 0 Å². The monoisotopic (exact) mass is 263 g/mol. The highest BCUT2D eigenvalue weighted by atomic mass is 15.1. The summed E-state index contributed by atoms with van der Waals surface area (Å²) in [6, 6.07) is 14.0. The van der Waals surface area contributed by atoms with Crippen molar-refractivity contribution >= 4 is 10.9 Å². The number of nitrogens with zero attached hydrogens (tertiary/aromatic N) is 3. The van der Waals surface area contributed by atoms with Gasteiger partial charge in [0, 0.05) is 29.5 Å². The van der Waals surface area contributed by atoms with Crippen molar-refractivity contribution in [2.24, 2.45) is 0 Å². The fraction of sp³-hybridized carbons (Fsp3) is 0. The summed E-state index contributed by atoms with van der Waals surface area (Å²) in [4.78, 5) is 4.18. The van der Waals surface area contributed by atoms with Gasteiger partial charge >= 0.3 is 0 Å². The number of fused-ring (bicyclic) bond motifs is 1. The Morgan fingerprint density at radius 2 is 1.75 bits per heavy atom. The van der Waals surface area contributed by atoms with Gasteiger partial charge in [0.25, 0.3) is 0 Å². The van der Waals surface area contributed by atoms with E-state index in [2.05, 4.69) is 37.5 Å². The van der Waals surface area contributed by atoms with E-state index in [-0.39, 0.29) is 0 Å². The van der Waals surface area contributed by atoms with Gasteiger partial charge in [-0.05, 0) is 18.2 Å². The summed E-state index contributed by atoms with van der Waals surface area (Å²) in [5, 5.41) is 14.4. The zero-order chi connectivity index (χ0) is 13.6.